The van der Waals surface area contributed by atoms with Gasteiger partial charge in [-0.2, -0.15) is 4.80 Å². The number of furan rings is 1. The van der Waals surface area contributed by atoms with Crippen LogP contribution < -0.4 is 5.32 Å². The Kier molecular flexibility index (Phi) is 3.33. The number of carbonyl (C=O) groups excluding carboxylic acids is 1. The predicted molar refractivity (Wildman–Crippen MR) is 62.4 cm³/mol. The molecule has 1 N–H and O–H groups in total. The predicted octanol–water partition coefficient (Wildman–Crippen LogP) is 1.47. The Hall–Kier alpha value is -1.96. The second kappa shape index (κ2) is 4.91. The molecule has 0 aromatic carbocycles. The molecule has 0 spiro atoms. The lowest BCUT2D eigenvalue weighted by Crippen LogP contribution is -2.12. The molecule has 2 heterocycles. The molecule has 0 aliphatic heterocycles. The second-order valence-electron chi connectivity index (χ2n) is 3.01. The number of hydrogen-bond donors (Lipinski definition) is 1. The number of aromatic nitrogens is 4. The summed E-state index contributed by atoms with van der Waals surface area (Å²) in [5.74, 6) is -0.157. The molecule has 7 nitrogen and oxygen atoms in total. The molecule has 2 rings (SSSR count). The summed E-state index contributed by atoms with van der Waals surface area (Å²) in [5, 5.41) is 13.7. The SMILES string of the molecule is C=CCn1nnc(NC(=O)c2ccc(Br)o2)n1. The zero-order valence-corrected chi connectivity index (χ0v) is 10.2. The van der Waals surface area contributed by atoms with Crippen molar-refractivity contribution in [2.75, 3.05) is 5.32 Å². The van der Waals surface area contributed by atoms with E-state index < -0.39 is 5.91 Å². The van der Waals surface area contributed by atoms with Crippen LogP contribution in [0, 0.1) is 0 Å². The molecule has 17 heavy (non-hydrogen) atoms. The molecule has 2 aromatic heterocycles. The fourth-order valence-corrected chi connectivity index (χ4v) is 1.39. The van der Waals surface area contributed by atoms with Crippen molar-refractivity contribution in [2.45, 2.75) is 6.54 Å². The van der Waals surface area contributed by atoms with E-state index in [0.29, 0.717) is 11.2 Å². The summed E-state index contributed by atoms with van der Waals surface area (Å²) in [5.41, 5.74) is 0. The van der Waals surface area contributed by atoms with Gasteiger partial charge < -0.3 is 4.42 Å². The Bertz CT molecular complexity index is 547. The van der Waals surface area contributed by atoms with Gasteiger partial charge in [-0.1, -0.05) is 11.2 Å². The molecule has 0 aliphatic rings. The first kappa shape index (κ1) is 11.5. The van der Waals surface area contributed by atoms with Crippen molar-refractivity contribution in [3.63, 3.8) is 0 Å². The summed E-state index contributed by atoms with van der Waals surface area (Å²) < 4.78 is 5.56. The molecule has 8 heteroatoms. The average Bonchev–Trinajstić information content (AvgIpc) is 2.88. The smallest absolute Gasteiger partial charge is 0.293 e. The number of allylic oxidation sites excluding steroid dienone is 1. The molecule has 0 saturated carbocycles. The topological polar surface area (TPSA) is 85.8 Å². The van der Waals surface area contributed by atoms with Gasteiger partial charge in [0.05, 0.1) is 6.54 Å². The van der Waals surface area contributed by atoms with Crippen molar-refractivity contribution in [1.29, 1.82) is 0 Å². The van der Waals surface area contributed by atoms with E-state index in [-0.39, 0.29) is 11.7 Å². The number of anilines is 1. The van der Waals surface area contributed by atoms with Crippen LogP contribution in [0.3, 0.4) is 0 Å². The van der Waals surface area contributed by atoms with Gasteiger partial charge in [0.2, 0.25) is 0 Å². The third-order valence-corrected chi connectivity index (χ3v) is 2.19. The summed E-state index contributed by atoms with van der Waals surface area (Å²) in [6.45, 7) is 3.97. The lowest BCUT2D eigenvalue weighted by molar-refractivity contribution is 0.0994. The van der Waals surface area contributed by atoms with Crippen molar-refractivity contribution >= 4 is 27.8 Å². The van der Waals surface area contributed by atoms with E-state index in [4.69, 9.17) is 4.42 Å². The van der Waals surface area contributed by atoms with Crippen LogP contribution in [0.4, 0.5) is 5.95 Å². The average molecular weight is 298 g/mol. The lowest BCUT2D eigenvalue weighted by atomic mass is 10.4. The maximum Gasteiger partial charge on any atom is 0.293 e. The lowest BCUT2D eigenvalue weighted by Gasteiger charge is -1.95. The third-order valence-electron chi connectivity index (χ3n) is 1.77. The van der Waals surface area contributed by atoms with Gasteiger partial charge in [-0.3, -0.25) is 10.1 Å². The van der Waals surface area contributed by atoms with E-state index in [2.05, 4.69) is 43.2 Å². The minimum atomic E-state index is -0.436. The molecule has 0 bridgehead atoms. The molecule has 2 aromatic rings. The normalized spacial score (nSPS) is 10.2. The molecule has 1 amide bonds. The van der Waals surface area contributed by atoms with Crippen molar-refractivity contribution in [3.8, 4) is 0 Å². The van der Waals surface area contributed by atoms with E-state index in [1.165, 1.54) is 10.9 Å². The van der Waals surface area contributed by atoms with Crippen LogP contribution in [0.25, 0.3) is 0 Å². The molecule has 0 saturated heterocycles. The molecule has 0 radical (unpaired) electrons. The first-order valence-electron chi connectivity index (χ1n) is 4.64. The van der Waals surface area contributed by atoms with Gasteiger partial charge in [-0.05, 0) is 33.3 Å². The van der Waals surface area contributed by atoms with Crippen LogP contribution in [-0.2, 0) is 6.54 Å². The zero-order valence-electron chi connectivity index (χ0n) is 8.63. The van der Waals surface area contributed by atoms with Crippen LogP contribution >= 0.6 is 15.9 Å². The fourth-order valence-electron chi connectivity index (χ4n) is 1.09. The molecular formula is C9H8BrN5O2. The number of amides is 1. The number of hydrogen-bond acceptors (Lipinski definition) is 5. The maximum atomic E-state index is 11.6. The second-order valence-corrected chi connectivity index (χ2v) is 3.80. The van der Waals surface area contributed by atoms with Crippen molar-refractivity contribution < 1.29 is 9.21 Å². The van der Waals surface area contributed by atoms with Crippen LogP contribution in [0.15, 0.2) is 33.9 Å². The standard InChI is InChI=1S/C9H8BrN5O2/c1-2-5-15-13-9(12-14-15)11-8(16)6-3-4-7(10)17-6/h2-4H,1,5H2,(H,11,13,16). The van der Waals surface area contributed by atoms with Gasteiger partial charge in [0.25, 0.3) is 11.9 Å². The molecule has 0 unspecified atom stereocenters. The summed E-state index contributed by atoms with van der Waals surface area (Å²) in [4.78, 5) is 12.9. The number of rotatable bonds is 4. The van der Waals surface area contributed by atoms with Crippen LogP contribution in [-0.4, -0.2) is 26.1 Å². The van der Waals surface area contributed by atoms with E-state index >= 15 is 0 Å². The van der Waals surface area contributed by atoms with Crippen molar-refractivity contribution in [2.24, 2.45) is 0 Å². The largest absolute Gasteiger partial charge is 0.444 e. The van der Waals surface area contributed by atoms with Gasteiger partial charge >= 0.3 is 0 Å². The van der Waals surface area contributed by atoms with Crippen LogP contribution in [0.2, 0.25) is 0 Å². The number of nitrogens with one attached hydrogen (secondary N) is 1. The van der Waals surface area contributed by atoms with E-state index in [9.17, 15) is 4.79 Å². The zero-order chi connectivity index (χ0) is 12.3. The monoisotopic (exact) mass is 297 g/mol. The van der Waals surface area contributed by atoms with E-state index in [1.54, 1.807) is 12.1 Å². The van der Waals surface area contributed by atoms with Crippen molar-refractivity contribution in [1.82, 2.24) is 20.2 Å². The molecular weight excluding hydrogens is 290 g/mol. The highest BCUT2D eigenvalue weighted by Crippen LogP contribution is 2.14. The Morgan fingerprint density at radius 3 is 3.12 bits per heavy atom. The van der Waals surface area contributed by atoms with Gasteiger partial charge in [0, 0.05) is 0 Å². The number of halogens is 1. The summed E-state index contributed by atoms with van der Waals surface area (Å²) in [7, 11) is 0. The first-order valence-corrected chi connectivity index (χ1v) is 5.43. The minimum Gasteiger partial charge on any atom is -0.444 e. The Morgan fingerprint density at radius 1 is 1.65 bits per heavy atom. The highest BCUT2D eigenvalue weighted by atomic mass is 79.9. The number of carbonyl (C=O) groups is 1. The highest BCUT2D eigenvalue weighted by molar-refractivity contribution is 9.10. The minimum absolute atomic E-state index is 0.115. The quantitative estimate of drug-likeness (QED) is 0.864. The molecule has 0 atom stereocenters. The summed E-state index contributed by atoms with van der Waals surface area (Å²) in [6.07, 6.45) is 1.62. The van der Waals surface area contributed by atoms with Crippen LogP contribution in [0.5, 0.6) is 0 Å². The highest BCUT2D eigenvalue weighted by Gasteiger charge is 2.13. The number of nitrogens with zero attached hydrogens (tertiary/aromatic N) is 4. The van der Waals surface area contributed by atoms with Gasteiger partial charge in [-0.15, -0.1) is 11.7 Å². The van der Waals surface area contributed by atoms with Gasteiger partial charge in [0.1, 0.15) is 0 Å². The molecule has 0 aliphatic carbocycles. The maximum absolute atomic E-state index is 11.6. The van der Waals surface area contributed by atoms with E-state index in [0.717, 1.165) is 0 Å². The summed E-state index contributed by atoms with van der Waals surface area (Å²) >= 11 is 3.11. The Balaban J connectivity index is 2.05. The Labute approximate surface area is 105 Å². The Morgan fingerprint density at radius 2 is 2.47 bits per heavy atom. The fraction of sp³-hybridized carbons (Fsp3) is 0.111. The van der Waals surface area contributed by atoms with Crippen LogP contribution in [0.1, 0.15) is 10.6 Å². The van der Waals surface area contributed by atoms with Crippen molar-refractivity contribution in [3.05, 3.63) is 35.2 Å². The van der Waals surface area contributed by atoms with Gasteiger partial charge in [0.15, 0.2) is 10.4 Å². The first-order chi connectivity index (χ1) is 8.19. The number of tetrazole rings is 1. The van der Waals surface area contributed by atoms with E-state index in [1.807, 2.05) is 0 Å². The molecule has 0 fully saturated rings. The van der Waals surface area contributed by atoms with Gasteiger partial charge in [-0.25, -0.2) is 0 Å². The third kappa shape index (κ3) is 2.78. The molecule has 88 valence electrons. The summed E-state index contributed by atoms with van der Waals surface area (Å²) in [6, 6.07) is 3.16.